The maximum absolute atomic E-state index is 12.5. The van der Waals surface area contributed by atoms with Gasteiger partial charge in [0.1, 0.15) is 5.75 Å². The van der Waals surface area contributed by atoms with E-state index in [-0.39, 0.29) is 27.1 Å². The van der Waals surface area contributed by atoms with Gasteiger partial charge in [-0.15, -0.1) is 0 Å². The maximum Gasteiger partial charge on any atom is 0.311 e. The van der Waals surface area contributed by atoms with Crippen LogP contribution in [0.5, 0.6) is 5.75 Å². The zero-order chi connectivity index (χ0) is 16.9. The van der Waals surface area contributed by atoms with Crippen molar-refractivity contribution in [1.82, 2.24) is 0 Å². The molecule has 4 saturated carbocycles. The molecule has 5 nitrogen and oxygen atoms in total. The molecule has 0 N–H and O–H groups in total. The quantitative estimate of drug-likeness (QED) is 0.246. The minimum absolute atomic E-state index is 0.0470. The Hall–Kier alpha value is -1.43. The first-order valence-electron chi connectivity index (χ1n) is 8.49. The first kappa shape index (κ1) is 16.1. The minimum Gasteiger partial charge on any atom is -0.426 e. The lowest BCUT2D eigenvalue weighted by Crippen LogP contribution is -2.53. The molecule has 4 aliphatic rings. The molecule has 0 radical (unpaired) electrons. The Morgan fingerprint density at radius 3 is 2.62 bits per heavy atom. The highest BCUT2D eigenvalue weighted by atomic mass is 79.9. The van der Waals surface area contributed by atoms with E-state index in [0.717, 1.165) is 31.1 Å². The molecule has 4 aliphatic carbocycles. The number of nitro benzene ring substituents is 1. The van der Waals surface area contributed by atoms with Crippen LogP contribution >= 0.6 is 15.9 Å². The van der Waals surface area contributed by atoms with Crippen molar-refractivity contribution < 1.29 is 14.5 Å². The van der Waals surface area contributed by atoms with Crippen LogP contribution in [0.3, 0.4) is 0 Å². The standard InChI is InChI=1S/C18H20BrNO4/c19-18-8-12-4-13(9-18)7-17(6-12,11-18)10-16(21)24-15-3-1-2-14(5-15)20(22)23/h1-3,5,12-13H,4,6-11H2/t12-,13+,17?,18?. The van der Waals surface area contributed by atoms with E-state index in [2.05, 4.69) is 15.9 Å². The molecule has 0 aromatic heterocycles. The predicted octanol–water partition coefficient (Wildman–Crippen LogP) is 4.62. The minimum atomic E-state index is -0.481. The van der Waals surface area contributed by atoms with Gasteiger partial charge in [-0.25, -0.2) is 0 Å². The molecule has 4 fully saturated rings. The molecule has 128 valence electrons. The predicted molar refractivity (Wildman–Crippen MR) is 92.1 cm³/mol. The van der Waals surface area contributed by atoms with Crippen molar-refractivity contribution in [2.24, 2.45) is 17.3 Å². The molecule has 4 bridgehead atoms. The number of nitro groups is 1. The Morgan fingerprint density at radius 2 is 2.00 bits per heavy atom. The third-order valence-electron chi connectivity index (χ3n) is 5.89. The van der Waals surface area contributed by atoms with E-state index in [1.807, 2.05) is 0 Å². The van der Waals surface area contributed by atoms with Gasteiger partial charge in [0.2, 0.25) is 0 Å². The fourth-order valence-electron chi connectivity index (χ4n) is 5.68. The van der Waals surface area contributed by atoms with Crippen molar-refractivity contribution in [3.05, 3.63) is 34.4 Å². The van der Waals surface area contributed by atoms with Crippen LogP contribution in [-0.4, -0.2) is 15.2 Å². The number of nitrogens with zero attached hydrogens (tertiary/aromatic N) is 1. The largest absolute Gasteiger partial charge is 0.426 e. The van der Waals surface area contributed by atoms with Crippen LogP contribution in [-0.2, 0) is 4.79 Å². The highest BCUT2D eigenvalue weighted by Crippen LogP contribution is 2.65. The van der Waals surface area contributed by atoms with Gasteiger partial charge < -0.3 is 4.74 Å². The summed E-state index contributed by atoms with van der Waals surface area (Å²) in [6, 6.07) is 5.84. The third kappa shape index (κ3) is 2.96. The van der Waals surface area contributed by atoms with E-state index >= 15 is 0 Å². The van der Waals surface area contributed by atoms with Crippen LogP contribution in [0, 0.1) is 27.4 Å². The molecule has 0 aliphatic heterocycles. The topological polar surface area (TPSA) is 69.4 Å². The van der Waals surface area contributed by atoms with Gasteiger partial charge in [-0.2, -0.15) is 0 Å². The zero-order valence-electron chi connectivity index (χ0n) is 13.4. The smallest absolute Gasteiger partial charge is 0.311 e. The van der Waals surface area contributed by atoms with E-state index in [9.17, 15) is 14.9 Å². The summed E-state index contributed by atoms with van der Waals surface area (Å²) in [5, 5.41) is 10.8. The van der Waals surface area contributed by atoms with E-state index in [1.165, 1.54) is 31.4 Å². The second kappa shape index (κ2) is 5.55. The molecule has 0 amide bonds. The number of halogens is 1. The summed E-state index contributed by atoms with van der Waals surface area (Å²) in [5.41, 5.74) is -0.0136. The number of rotatable bonds is 4. The summed E-state index contributed by atoms with van der Waals surface area (Å²) in [5.74, 6) is 1.42. The summed E-state index contributed by atoms with van der Waals surface area (Å²) in [6.45, 7) is 0. The number of hydrogen-bond donors (Lipinski definition) is 0. The second-order valence-electron chi connectivity index (χ2n) is 8.02. The number of ether oxygens (including phenoxy) is 1. The molecular weight excluding hydrogens is 374 g/mol. The van der Waals surface area contributed by atoms with Crippen LogP contribution in [0.1, 0.15) is 44.9 Å². The summed E-state index contributed by atoms with van der Waals surface area (Å²) in [7, 11) is 0. The highest BCUT2D eigenvalue weighted by molar-refractivity contribution is 9.10. The first-order chi connectivity index (χ1) is 11.3. The molecule has 24 heavy (non-hydrogen) atoms. The van der Waals surface area contributed by atoms with Gasteiger partial charge in [0.05, 0.1) is 17.4 Å². The fraction of sp³-hybridized carbons (Fsp3) is 0.611. The average molecular weight is 394 g/mol. The van der Waals surface area contributed by atoms with Gasteiger partial charge in [-0.05, 0) is 61.8 Å². The number of non-ortho nitro benzene ring substituents is 1. The summed E-state index contributed by atoms with van der Waals surface area (Å²) >= 11 is 3.95. The van der Waals surface area contributed by atoms with Crippen molar-refractivity contribution in [3.63, 3.8) is 0 Å². The second-order valence-corrected chi connectivity index (χ2v) is 9.70. The first-order valence-corrected chi connectivity index (χ1v) is 9.28. The van der Waals surface area contributed by atoms with Gasteiger partial charge in [-0.3, -0.25) is 14.9 Å². The monoisotopic (exact) mass is 393 g/mol. The Kier molecular flexibility index (Phi) is 3.71. The van der Waals surface area contributed by atoms with Crippen molar-refractivity contribution in [2.75, 3.05) is 0 Å². The molecule has 2 unspecified atom stereocenters. The van der Waals surface area contributed by atoms with Gasteiger partial charge in [0.25, 0.3) is 5.69 Å². The molecule has 0 spiro atoms. The van der Waals surface area contributed by atoms with Crippen LogP contribution in [0.15, 0.2) is 24.3 Å². The van der Waals surface area contributed by atoms with Gasteiger partial charge in [-0.1, -0.05) is 22.0 Å². The van der Waals surface area contributed by atoms with Gasteiger partial charge in [0, 0.05) is 10.4 Å². The van der Waals surface area contributed by atoms with E-state index in [1.54, 1.807) is 12.1 Å². The van der Waals surface area contributed by atoms with Gasteiger partial charge in [0.15, 0.2) is 0 Å². The van der Waals surface area contributed by atoms with Crippen molar-refractivity contribution in [1.29, 1.82) is 0 Å². The molecule has 1 aromatic rings. The van der Waals surface area contributed by atoms with E-state index in [4.69, 9.17) is 4.74 Å². The van der Waals surface area contributed by atoms with Crippen LogP contribution < -0.4 is 4.74 Å². The van der Waals surface area contributed by atoms with E-state index in [0.29, 0.717) is 6.42 Å². The number of carbonyl (C=O) groups is 1. The lowest BCUT2D eigenvalue weighted by molar-refractivity contribution is -0.384. The number of carbonyl (C=O) groups excluding carboxylic acids is 1. The normalized spacial score (nSPS) is 36.5. The number of alkyl halides is 1. The van der Waals surface area contributed by atoms with Crippen LogP contribution in [0.25, 0.3) is 0 Å². The maximum atomic E-state index is 12.5. The number of esters is 1. The lowest BCUT2D eigenvalue weighted by atomic mass is 9.49. The summed E-state index contributed by atoms with van der Waals surface area (Å²) in [4.78, 5) is 22.8. The van der Waals surface area contributed by atoms with Gasteiger partial charge >= 0.3 is 5.97 Å². The zero-order valence-corrected chi connectivity index (χ0v) is 15.0. The van der Waals surface area contributed by atoms with Crippen LogP contribution in [0.2, 0.25) is 0 Å². The molecule has 5 rings (SSSR count). The average Bonchev–Trinajstić information content (AvgIpc) is 2.43. The van der Waals surface area contributed by atoms with Crippen molar-refractivity contribution >= 4 is 27.6 Å². The molecule has 1 aromatic carbocycles. The third-order valence-corrected chi connectivity index (χ3v) is 6.82. The molecule has 4 atom stereocenters. The van der Waals surface area contributed by atoms with Crippen molar-refractivity contribution in [3.8, 4) is 5.75 Å². The number of hydrogen-bond acceptors (Lipinski definition) is 4. The molecular formula is C18H20BrNO4. The Labute approximate surface area is 149 Å². The fourth-order valence-corrected chi connectivity index (χ4v) is 7.19. The molecule has 6 heteroatoms. The van der Waals surface area contributed by atoms with Crippen LogP contribution in [0.4, 0.5) is 5.69 Å². The summed E-state index contributed by atoms with van der Waals surface area (Å²) in [6.07, 6.45) is 7.43. The van der Waals surface area contributed by atoms with Crippen molar-refractivity contribution in [2.45, 2.75) is 49.3 Å². The Bertz CT molecular complexity index is 690. The molecule has 0 heterocycles. The SMILES string of the molecule is O=C(CC12C[C@@H]3C[C@@H](CC(Br)(C3)C1)C2)Oc1cccc([N+](=O)[O-])c1. The molecule has 0 saturated heterocycles. The Balaban J connectivity index is 1.47. The van der Waals surface area contributed by atoms with E-state index < -0.39 is 4.92 Å². The lowest BCUT2D eigenvalue weighted by Gasteiger charge is -2.60. The summed E-state index contributed by atoms with van der Waals surface area (Å²) < 4.78 is 5.63. The highest BCUT2D eigenvalue weighted by Gasteiger charge is 2.57. The number of benzene rings is 1. The Morgan fingerprint density at radius 1 is 1.29 bits per heavy atom.